The summed E-state index contributed by atoms with van der Waals surface area (Å²) in [5.74, 6) is -1.25. The first kappa shape index (κ1) is 15.0. The number of nitro groups is 1. The molecule has 1 N–H and O–H groups in total. The van der Waals surface area contributed by atoms with E-state index in [0.717, 1.165) is 6.07 Å². The van der Waals surface area contributed by atoms with Crippen molar-refractivity contribution in [1.82, 2.24) is 15.1 Å². The molecule has 112 valence electrons. The lowest BCUT2D eigenvalue weighted by Crippen LogP contribution is -2.23. The summed E-state index contributed by atoms with van der Waals surface area (Å²) in [6.07, 6.45) is 2.50. The Balaban J connectivity index is 1.88. The van der Waals surface area contributed by atoms with Crippen LogP contribution in [0.3, 0.4) is 0 Å². The average molecular weight is 296 g/mol. The molecule has 2 aromatic rings. The Morgan fingerprint density at radius 1 is 1.38 bits per heavy atom. The van der Waals surface area contributed by atoms with Crippen LogP contribution in [0.5, 0.6) is 0 Å². The number of aromatic nitrogens is 2. The molecule has 2 rings (SSSR count). The number of hydrogen-bond acceptors (Lipinski definition) is 4. The number of halogens is 2. The lowest BCUT2D eigenvalue weighted by Gasteiger charge is -2.14. The summed E-state index contributed by atoms with van der Waals surface area (Å²) in [6, 6.07) is 3.10. The molecule has 0 saturated carbocycles. The number of hydrogen-bond donors (Lipinski definition) is 1. The molecular formula is C13H14F2N4O2. The van der Waals surface area contributed by atoms with Crippen LogP contribution >= 0.6 is 0 Å². The second-order valence-corrected chi connectivity index (χ2v) is 4.60. The first-order valence-electron chi connectivity index (χ1n) is 6.32. The van der Waals surface area contributed by atoms with Gasteiger partial charge in [-0.05, 0) is 24.6 Å². The van der Waals surface area contributed by atoms with Gasteiger partial charge in [0, 0.05) is 18.7 Å². The molecule has 21 heavy (non-hydrogen) atoms. The molecule has 1 aromatic heterocycles. The third-order valence-electron chi connectivity index (χ3n) is 3.01. The maximum atomic E-state index is 13.1. The molecule has 0 spiro atoms. The molecule has 1 aromatic carbocycles. The smallest absolute Gasteiger partial charge is 0.306 e. The van der Waals surface area contributed by atoms with E-state index in [4.69, 9.17) is 0 Å². The van der Waals surface area contributed by atoms with Crippen LogP contribution in [-0.2, 0) is 6.54 Å². The topological polar surface area (TPSA) is 73.0 Å². The highest BCUT2D eigenvalue weighted by Crippen LogP contribution is 2.15. The molecule has 0 aliphatic carbocycles. The molecule has 0 radical (unpaired) electrons. The minimum atomic E-state index is -0.624. The first-order chi connectivity index (χ1) is 9.95. The van der Waals surface area contributed by atoms with E-state index >= 15 is 0 Å². The van der Waals surface area contributed by atoms with E-state index in [2.05, 4.69) is 10.4 Å². The van der Waals surface area contributed by atoms with Crippen LogP contribution < -0.4 is 5.32 Å². The van der Waals surface area contributed by atoms with Crippen LogP contribution in [0.15, 0.2) is 30.6 Å². The lowest BCUT2D eigenvalue weighted by atomic mass is 10.1. The Morgan fingerprint density at radius 2 is 2.05 bits per heavy atom. The molecule has 1 heterocycles. The predicted octanol–water partition coefficient (Wildman–Crippen LogP) is 2.42. The van der Waals surface area contributed by atoms with Gasteiger partial charge in [0.15, 0.2) is 0 Å². The van der Waals surface area contributed by atoms with Crippen molar-refractivity contribution in [3.8, 4) is 0 Å². The van der Waals surface area contributed by atoms with Crippen molar-refractivity contribution >= 4 is 5.69 Å². The average Bonchev–Trinajstić information content (AvgIpc) is 2.86. The summed E-state index contributed by atoms with van der Waals surface area (Å²) in [5.41, 5.74) is 0.425. The molecule has 0 aliphatic heterocycles. The summed E-state index contributed by atoms with van der Waals surface area (Å²) in [5, 5.41) is 17.4. The van der Waals surface area contributed by atoms with E-state index in [-0.39, 0.29) is 11.7 Å². The van der Waals surface area contributed by atoms with Crippen molar-refractivity contribution in [3.63, 3.8) is 0 Å². The largest absolute Gasteiger partial charge is 0.308 e. The summed E-state index contributed by atoms with van der Waals surface area (Å²) in [6.45, 7) is 2.65. The van der Waals surface area contributed by atoms with Gasteiger partial charge >= 0.3 is 5.69 Å². The van der Waals surface area contributed by atoms with Gasteiger partial charge < -0.3 is 5.32 Å². The van der Waals surface area contributed by atoms with Gasteiger partial charge in [0.2, 0.25) is 0 Å². The maximum Gasteiger partial charge on any atom is 0.306 e. The van der Waals surface area contributed by atoms with Gasteiger partial charge in [-0.2, -0.15) is 5.10 Å². The quantitative estimate of drug-likeness (QED) is 0.656. The number of benzene rings is 1. The fourth-order valence-corrected chi connectivity index (χ4v) is 1.91. The van der Waals surface area contributed by atoms with E-state index in [1.54, 1.807) is 6.92 Å². The van der Waals surface area contributed by atoms with Crippen molar-refractivity contribution in [2.75, 3.05) is 6.54 Å². The van der Waals surface area contributed by atoms with Gasteiger partial charge in [-0.1, -0.05) is 0 Å². The summed E-state index contributed by atoms with van der Waals surface area (Å²) < 4.78 is 27.7. The zero-order valence-corrected chi connectivity index (χ0v) is 11.3. The van der Waals surface area contributed by atoms with Crippen molar-refractivity contribution in [2.24, 2.45) is 0 Å². The van der Waals surface area contributed by atoms with Crippen molar-refractivity contribution < 1.29 is 13.7 Å². The fourth-order valence-electron chi connectivity index (χ4n) is 1.91. The highest BCUT2D eigenvalue weighted by molar-refractivity contribution is 5.21. The number of nitrogens with zero attached hydrogens (tertiary/aromatic N) is 3. The number of nitrogens with one attached hydrogen (secondary N) is 1. The molecular weight excluding hydrogens is 282 g/mol. The van der Waals surface area contributed by atoms with Gasteiger partial charge in [0.05, 0.1) is 11.5 Å². The monoisotopic (exact) mass is 296 g/mol. The van der Waals surface area contributed by atoms with Crippen LogP contribution in [0.25, 0.3) is 0 Å². The molecule has 1 atom stereocenters. The van der Waals surface area contributed by atoms with Crippen molar-refractivity contribution in [3.05, 3.63) is 57.9 Å². The van der Waals surface area contributed by atoms with E-state index < -0.39 is 16.6 Å². The van der Waals surface area contributed by atoms with E-state index in [1.807, 2.05) is 0 Å². The third kappa shape index (κ3) is 4.06. The molecule has 0 fully saturated rings. The molecule has 0 bridgehead atoms. The van der Waals surface area contributed by atoms with Crippen LogP contribution in [0.4, 0.5) is 14.5 Å². The second-order valence-electron chi connectivity index (χ2n) is 4.60. The van der Waals surface area contributed by atoms with E-state index in [1.165, 1.54) is 29.2 Å². The second kappa shape index (κ2) is 6.40. The van der Waals surface area contributed by atoms with Crippen molar-refractivity contribution in [2.45, 2.75) is 19.5 Å². The Hall–Kier alpha value is -2.35. The molecule has 0 amide bonds. The molecule has 6 nitrogen and oxygen atoms in total. The Kier molecular flexibility index (Phi) is 4.59. The van der Waals surface area contributed by atoms with Gasteiger partial charge in [0.1, 0.15) is 24.0 Å². The minimum absolute atomic E-state index is 0.0738. The van der Waals surface area contributed by atoms with Crippen LogP contribution in [0, 0.1) is 21.7 Å². The summed E-state index contributed by atoms with van der Waals surface area (Å²) >= 11 is 0. The standard InChI is InChI=1S/C13H14F2N4O2/c1-9(10-4-11(14)6-12(15)5-10)16-2-3-18-8-13(7-17-18)19(20)21/h4-9,16H,2-3H2,1H3/t9-/m0/s1. The maximum absolute atomic E-state index is 13.1. The highest BCUT2D eigenvalue weighted by Gasteiger charge is 2.10. The van der Waals surface area contributed by atoms with E-state index in [9.17, 15) is 18.9 Å². The molecule has 0 saturated heterocycles. The van der Waals surface area contributed by atoms with Gasteiger partial charge in [-0.3, -0.25) is 14.8 Å². The van der Waals surface area contributed by atoms with E-state index in [0.29, 0.717) is 18.7 Å². The molecule has 0 aliphatic rings. The molecule has 0 unspecified atom stereocenters. The molecule has 8 heteroatoms. The third-order valence-corrected chi connectivity index (χ3v) is 3.01. The SMILES string of the molecule is C[C@H](NCCn1cc([N+](=O)[O-])cn1)c1cc(F)cc(F)c1. The Labute approximate surface area is 119 Å². The minimum Gasteiger partial charge on any atom is -0.308 e. The predicted molar refractivity (Wildman–Crippen MR) is 71.7 cm³/mol. The zero-order chi connectivity index (χ0) is 15.4. The summed E-state index contributed by atoms with van der Waals surface area (Å²) in [4.78, 5) is 9.99. The van der Waals surface area contributed by atoms with Crippen LogP contribution in [0.2, 0.25) is 0 Å². The first-order valence-corrected chi connectivity index (χ1v) is 6.32. The Bertz CT molecular complexity index is 625. The van der Waals surface area contributed by atoms with Gasteiger partial charge in [-0.15, -0.1) is 0 Å². The summed E-state index contributed by atoms with van der Waals surface area (Å²) in [7, 11) is 0. The van der Waals surface area contributed by atoms with Crippen LogP contribution in [0.1, 0.15) is 18.5 Å². The zero-order valence-electron chi connectivity index (χ0n) is 11.3. The van der Waals surface area contributed by atoms with Crippen molar-refractivity contribution in [1.29, 1.82) is 0 Å². The fraction of sp³-hybridized carbons (Fsp3) is 0.308. The highest BCUT2D eigenvalue weighted by atomic mass is 19.1. The van der Waals surface area contributed by atoms with Gasteiger partial charge in [-0.25, -0.2) is 8.78 Å². The number of rotatable bonds is 6. The lowest BCUT2D eigenvalue weighted by molar-refractivity contribution is -0.385. The normalized spacial score (nSPS) is 12.3. The van der Waals surface area contributed by atoms with Crippen LogP contribution in [-0.4, -0.2) is 21.2 Å². The van der Waals surface area contributed by atoms with Gasteiger partial charge in [0.25, 0.3) is 0 Å². The Morgan fingerprint density at radius 3 is 2.62 bits per heavy atom.